The summed E-state index contributed by atoms with van der Waals surface area (Å²) in [5.74, 6) is -0.890. The lowest BCUT2D eigenvalue weighted by molar-refractivity contribution is -0.167. The molecule has 0 aliphatic carbocycles. The molecule has 0 aliphatic heterocycles. The second-order valence-electron chi connectivity index (χ2n) is 22.7. The fraction of sp³-hybridized carbons (Fsp3) is 0.767. The molecular weight excluding hydrogens is 973 g/mol. The van der Waals surface area contributed by atoms with Crippen LogP contribution in [0.25, 0.3) is 0 Å². The Morgan fingerprint density at radius 3 is 0.772 bits per heavy atom. The van der Waals surface area contributed by atoms with E-state index in [4.69, 9.17) is 14.2 Å². The SMILES string of the molecule is CC/C=C\C/C=C\C/C=C\C/C=C\CCCCCCCCC(=O)OC(COC(=O)CCCCCCCCC/C=C\C/C=C\C/C=C\CC)COC(=O)CCCCCCCCCCCCCCCCCCCCCCCCCCC. The minimum atomic E-state index is -0.790. The molecule has 1 unspecified atom stereocenters. The van der Waals surface area contributed by atoms with E-state index in [0.29, 0.717) is 19.3 Å². The second-order valence-corrected chi connectivity index (χ2v) is 22.7. The van der Waals surface area contributed by atoms with E-state index in [0.717, 1.165) is 122 Å². The molecule has 6 nitrogen and oxygen atoms in total. The van der Waals surface area contributed by atoms with Crippen molar-refractivity contribution in [2.75, 3.05) is 13.2 Å². The molecule has 0 saturated heterocycles. The normalized spacial score (nSPS) is 12.6. The number of carbonyl (C=O) groups excluding carboxylic acids is 3. The summed E-state index contributed by atoms with van der Waals surface area (Å²) in [6.45, 7) is 6.45. The second kappa shape index (κ2) is 67.1. The van der Waals surface area contributed by atoms with Gasteiger partial charge in [-0.3, -0.25) is 14.4 Å². The lowest BCUT2D eigenvalue weighted by atomic mass is 10.0. The quantitative estimate of drug-likeness (QED) is 0.0261. The molecule has 0 fully saturated rings. The van der Waals surface area contributed by atoms with Crippen molar-refractivity contribution in [1.29, 1.82) is 0 Å². The molecule has 79 heavy (non-hydrogen) atoms. The number of carbonyl (C=O) groups is 3. The van der Waals surface area contributed by atoms with Gasteiger partial charge in [0.05, 0.1) is 0 Å². The van der Waals surface area contributed by atoms with E-state index < -0.39 is 6.10 Å². The van der Waals surface area contributed by atoms with E-state index in [2.05, 4.69) is 106 Å². The predicted molar refractivity (Wildman–Crippen MR) is 344 cm³/mol. The minimum Gasteiger partial charge on any atom is -0.462 e. The van der Waals surface area contributed by atoms with Crippen LogP contribution >= 0.6 is 0 Å². The van der Waals surface area contributed by atoms with Gasteiger partial charge in [0.15, 0.2) is 6.10 Å². The van der Waals surface area contributed by atoms with Crippen molar-refractivity contribution in [3.63, 3.8) is 0 Å². The van der Waals surface area contributed by atoms with Crippen molar-refractivity contribution in [2.24, 2.45) is 0 Å². The molecule has 0 rings (SSSR count). The van der Waals surface area contributed by atoms with Crippen molar-refractivity contribution in [1.82, 2.24) is 0 Å². The van der Waals surface area contributed by atoms with Crippen molar-refractivity contribution in [3.05, 3.63) is 85.1 Å². The summed E-state index contributed by atoms with van der Waals surface area (Å²) in [5.41, 5.74) is 0. The Kier molecular flexibility index (Phi) is 64.2. The van der Waals surface area contributed by atoms with Crippen LogP contribution in [0.4, 0.5) is 0 Å². The first kappa shape index (κ1) is 75.6. The van der Waals surface area contributed by atoms with Gasteiger partial charge in [0, 0.05) is 19.3 Å². The smallest absolute Gasteiger partial charge is 0.306 e. The van der Waals surface area contributed by atoms with Crippen molar-refractivity contribution < 1.29 is 28.6 Å². The number of allylic oxidation sites excluding steroid dienone is 14. The summed E-state index contributed by atoms with van der Waals surface area (Å²) in [6.07, 6.45) is 88.9. The number of hydrogen-bond acceptors (Lipinski definition) is 6. The Hall–Kier alpha value is -3.41. The third-order valence-electron chi connectivity index (χ3n) is 14.9. The first-order valence-electron chi connectivity index (χ1n) is 34.1. The van der Waals surface area contributed by atoms with E-state index >= 15 is 0 Å². The van der Waals surface area contributed by atoms with Crippen molar-refractivity contribution in [3.8, 4) is 0 Å². The molecule has 0 spiro atoms. The molecule has 0 aromatic heterocycles. The Bertz CT molecular complexity index is 1500. The summed E-state index contributed by atoms with van der Waals surface area (Å²) in [5, 5.41) is 0. The number of ether oxygens (including phenoxy) is 3. The zero-order valence-electron chi connectivity index (χ0n) is 52.4. The molecule has 0 aromatic carbocycles. The standard InChI is InChI=1S/C73H128O6/c1-4-7-10-13-16-19-22-25-28-31-33-34-35-36-37-38-40-42-45-48-51-54-57-60-63-66-72(75)78-69-70(68-77-71(74)65-62-59-56-53-50-47-44-41-30-27-24-21-18-15-12-9-6-3)79-73(76)67-64-61-58-55-52-49-46-43-39-32-29-26-23-20-17-14-11-8-5-2/h8-9,11-12,17-18,20-21,26-27,29-30,39,43,70H,4-7,10,13-16,19,22-25,28,31-38,40-42,44-69H2,1-3H3/b11-8-,12-9-,20-17-,21-18-,29-26-,30-27-,43-39-. The maximum Gasteiger partial charge on any atom is 0.306 e. The summed E-state index contributed by atoms with van der Waals surface area (Å²) in [4.78, 5) is 38.4. The highest BCUT2D eigenvalue weighted by Crippen LogP contribution is 2.18. The molecule has 0 aromatic rings. The summed E-state index contributed by atoms with van der Waals surface area (Å²) in [7, 11) is 0. The lowest BCUT2D eigenvalue weighted by Crippen LogP contribution is -2.30. The Morgan fingerprint density at radius 2 is 0.494 bits per heavy atom. The topological polar surface area (TPSA) is 78.9 Å². The summed E-state index contributed by atoms with van der Waals surface area (Å²) >= 11 is 0. The fourth-order valence-electron chi connectivity index (χ4n) is 9.86. The van der Waals surface area contributed by atoms with Gasteiger partial charge in [-0.25, -0.2) is 0 Å². The molecule has 1 atom stereocenters. The van der Waals surface area contributed by atoms with Gasteiger partial charge in [-0.1, -0.05) is 318 Å². The highest BCUT2D eigenvalue weighted by Gasteiger charge is 2.19. The monoisotopic (exact) mass is 1100 g/mol. The van der Waals surface area contributed by atoms with E-state index in [-0.39, 0.29) is 31.1 Å². The average Bonchev–Trinajstić information content (AvgIpc) is 3.45. The van der Waals surface area contributed by atoms with Crippen LogP contribution in [0.5, 0.6) is 0 Å². The third kappa shape index (κ3) is 65.3. The largest absolute Gasteiger partial charge is 0.462 e. The van der Waals surface area contributed by atoms with Crippen LogP contribution in [0, 0.1) is 0 Å². The van der Waals surface area contributed by atoms with Crippen LogP contribution in [0.1, 0.15) is 342 Å². The van der Waals surface area contributed by atoms with E-state index in [9.17, 15) is 14.4 Å². The number of hydrogen-bond donors (Lipinski definition) is 0. The number of esters is 3. The van der Waals surface area contributed by atoms with Crippen LogP contribution in [0.2, 0.25) is 0 Å². The molecule has 0 aliphatic rings. The van der Waals surface area contributed by atoms with Crippen LogP contribution in [-0.2, 0) is 28.6 Å². The molecule has 0 heterocycles. The Labute approximate surface area is 490 Å². The predicted octanol–water partition coefficient (Wildman–Crippen LogP) is 23.4. The summed E-state index contributed by atoms with van der Waals surface area (Å²) in [6, 6.07) is 0. The molecule has 456 valence electrons. The van der Waals surface area contributed by atoms with Gasteiger partial charge in [0.2, 0.25) is 0 Å². The highest BCUT2D eigenvalue weighted by molar-refractivity contribution is 5.71. The van der Waals surface area contributed by atoms with E-state index in [1.54, 1.807) is 0 Å². The minimum absolute atomic E-state index is 0.0830. The molecule has 0 saturated carbocycles. The van der Waals surface area contributed by atoms with Gasteiger partial charge >= 0.3 is 17.9 Å². The summed E-state index contributed by atoms with van der Waals surface area (Å²) < 4.78 is 17.0. The molecule has 0 radical (unpaired) electrons. The lowest BCUT2D eigenvalue weighted by Gasteiger charge is -2.18. The van der Waals surface area contributed by atoms with Crippen molar-refractivity contribution in [2.45, 2.75) is 348 Å². The maximum atomic E-state index is 12.9. The molecular formula is C73H128O6. The number of unbranched alkanes of at least 4 members (excludes halogenated alkanes) is 37. The Balaban J connectivity index is 4.33. The molecule has 0 N–H and O–H groups in total. The zero-order chi connectivity index (χ0) is 57.1. The highest BCUT2D eigenvalue weighted by atomic mass is 16.6. The molecule has 0 bridgehead atoms. The Morgan fingerprint density at radius 1 is 0.266 bits per heavy atom. The average molecular weight is 1100 g/mol. The van der Waals surface area contributed by atoms with Crippen LogP contribution in [0.15, 0.2) is 85.1 Å². The van der Waals surface area contributed by atoms with E-state index in [1.807, 2.05) is 0 Å². The van der Waals surface area contributed by atoms with Gasteiger partial charge < -0.3 is 14.2 Å². The third-order valence-corrected chi connectivity index (χ3v) is 14.9. The molecule has 6 heteroatoms. The van der Waals surface area contributed by atoms with Crippen LogP contribution in [-0.4, -0.2) is 37.2 Å². The van der Waals surface area contributed by atoms with Crippen LogP contribution < -0.4 is 0 Å². The van der Waals surface area contributed by atoms with Gasteiger partial charge in [0.1, 0.15) is 13.2 Å². The first-order chi connectivity index (χ1) is 39.0. The number of rotatable bonds is 62. The first-order valence-corrected chi connectivity index (χ1v) is 34.1. The van der Waals surface area contributed by atoms with Gasteiger partial charge in [-0.15, -0.1) is 0 Å². The fourth-order valence-corrected chi connectivity index (χ4v) is 9.86. The van der Waals surface area contributed by atoms with Gasteiger partial charge in [-0.2, -0.15) is 0 Å². The zero-order valence-corrected chi connectivity index (χ0v) is 52.4. The van der Waals surface area contributed by atoms with E-state index in [1.165, 1.54) is 180 Å². The van der Waals surface area contributed by atoms with Crippen molar-refractivity contribution >= 4 is 17.9 Å². The molecule has 0 amide bonds. The van der Waals surface area contributed by atoms with Gasteiger partial charge in [-0.05, 0) is 89.9 Å². The van der Waals surface area contributed by atoms with Crippen LogP contribution in [0.3, 0.4) is 0 Å². The van der Waals surface area contributed by atoms with Gasteiger partial charge in [0.25, 0.3) is 0 Å². The maximum absolute atomic E-state index is 12.9.